The van der Waals surface area contributed by atoms with Crippen molar-refractivity contribution in [2.45, 2.75) is 32.6 Å². The fourth-order valence-corrected chi connectivity index (χ4v) is 1.89. The molecule has 2 heteroatoms. The molecule has 0 aliphatic heterocycles. The van der Waals surface area contributed by atoms with Crippen LogP contribution in [0, 0.1) is 5.41 Å². The summed E-state index contributed by atoms with van der Waals surface area (Å²) in [7, 11) is 0. The van der Waals surface area contributed by atoms with Crippen LogP contribution in [0.2, 0.25) is 0 Å². The first kappa shape index (κ1) is 10.1. The summed E-state index contributed by atoms with van der Waals surface area (Å²) in [6, 6.07) is 0. The molecule has 0 spiro atoms. The fraction of sp³-hybridized carbons (Fsp3) is 0.800. The summed E-state index contributed by atoms with van der Waals surface area (Å²) in [4.78, 5) is 0. The van der Waals surface area contributed by atoms with Gasteiger partial charge in [-0.2, -0.15) is 0 Å². The first-order chi connectivity index (χ1) is 5.83. The summed E-state index contributed by atoms with van der Waals surface area (Å²) >= 11 is 5.41. The van der Waals surface area contributed by atoms with Gasteiger partial charge in [-0.05, 0) is 24.7 Å². The number of halogens is 1. The van der Waals surface area contributed by atoms with Crippen LogP contribution in [0.5, 0.6) is 0 Å². The smallest absolute Gasteiger partial charge is 0.0146 e. The summed E-state index contributed by atoms with van der Waals surface area (Å²) < 4.78 is 0. The van der Waals surface area contributed by atoms with Crippen molar-refractivity contribution in [2.75, 3.05) is 13.1 Å². The van der Waals surface area contributed by atoms with Crippen molar-refractivity contribution in [1.82, 2.24) is 5.32 Å². The van der Waals surface area contributed by atoms with E-state index in [2.05, 4.69) is 12.2 Å². The van der Waals surface area contributed by atoms with Crippen LogP contribution in [-0.2, 0) is 0 Å². The highest BCUT2D eigenvalue weighted by Gasteiger charge is 2.34. The van der Waals surface area contributed by atoms with Crippen molar-refractivity contribution in [1.29, 1.82) is 0 Å². The van der Waals surface area contributed by atoms with Crippen molar-refractivity contribution in [2.24, 2.45) is 5.41 Å². The maximum Gasteiger partial charge on any atom is 0.0146 e. The molecule has 1 rings (SSSR count). The standard InChI is InChI=1S/C10H18ClN/c1-2-10(5-3-6-10)9-12-8-4-7-11/h4,7,12H,2-3,5-6,8-9H2,1H3/b7-4+. The second kappa shape index (κ2) is 4.88. The second-order valence-electron chi connectivity index (χ2n) is 3.70. The zero-order valence-electron chi connectivity index (χ0n) is 7.78. The minimum atomic E-state index is 0.625. The Bertz CT molecular complexity index is 144. The molecule has 0 saturated heterocycles. The Hall–Kier alpha value is -0.0100. The zero-order valence-corrected chi connectivity index (χ0v) is 8.53. The van der Waals surface area contributed by atoms with Crippen molar-refractivity contribution in [3.63, 3.8) is 0 Å². The lowest BCUT2D eigenvalue weighted by Crippen LogP contribution is -2.39. The third-order valence-corrected chi connectivity index (χ3v) is 3.19. The molecule has 1 nitrogen and oxygen atoms in total. The largest absolute Gasteiger partial charge is 0.313 e. The molecule has 0 atom stereocenters. The van der Waals surface area contributed by atoms with Gasteiger partial charge in [-0.25, -0.2) is 0 Å². The zero-order chi connectivity index (χ0) is 8.86. The molecule has 1 saturated carbocycles. The molecule has 0 unspecified atom stereocenters. The average Bonchev–Trinajstić information content (AvgIpc) is 2.02. The highest BCUT2D eigenvalue weighted by molar-refractivity contribution is 6.25. The van der Waals surface area contributed by atoms with E-state index in [1.165, 1.54) is 25.7 Å². The molecular formula is C10H18ClN. The number of hydrogen-bond acceptors (Lipinski definition) is 1. The van der Waals surface area contributed by atoms with Gasteiger partial charge in [-0.3, -0.25) is 0 Å². The molecule has 0 aromatic rings. The molecule has 0 heterocycles. The lowest BCUT2D eigenvalue weighted by atomic mass is 9.67. The third-order valence-electron chi connectivity index (χ3n) is 3.02. The molecule has 0 radical (unpaired) electrons. The van der Waals surface area contributed by atoms with Crippen LogP contribution >= 0.6 is 11.6 Å². The Labute approximate surface area is 80.2 Å². The topological polar surface area (TPSA) is 12.0 Å². The van der Waals surface area contributed by atoms with Gasteiger partial charge in [0, 0.05) is 18.6 Å². The number of rotatable bonds is 5. The summed E-state index contributed by atoms with van der Waals surface area (Å²) in [5, 5.41) is 3.41. The van der Waals surface area contributed by atoms with Gasteiger partial charge < -0.3 is 5.32 Å². The SMILES string of the molecule is CCC1(CNC/C=C/Cl)CCC1. The summed E-state index contributed by atoms with van der Waals surface area (Å²) in [6.45, 7) is 4.36. The lowest BCUT2D eigenvalue weighted by molar-refractivity contribution is 0.126. The van der Waals surface area contributed by atoms with Crippen LogP contribution < -0.4 is 5.32 Å². The monoisotopic (exact) mass is 187 g/mol. The van der Waals surface area contributed by atoms with Crippen LogP contribution in [0.25, 0.3) is 0 Å². The molecule has 12 heavy (non-hydrogen) atoms. The third kappa shape index (κ3) is 2.49. The van der Waals surface area contributed by atoms with Gasteiger partial charge in [0.05, 0.1) is 0 Å². The molecule has 1 aliphatic carbocycles. The normalized spacial score (nSPS) is 21.2. The van der Waals surface area contributed by atoms with Gasteiger partial charge in [-0.1, -0.05) is 31.0 Å². The Morgan fingerprint density at radius 2 is 2.25 bits per heavy atom. The Morgan fingerprint density at radius 3 is 2.67 bits per heavy atom. The van der Waals surface area contributed by atoms with Crippen LogP contribution in [0.3, 0.4) is 0 Å². The number of hydrogen-bond donors (Lipinski definition) is 1. The van der Waals surface area contributed by atoms with Crippen LogP contribution in [0.4, 0.5) is 0 Å². The molecular weight excluding hydrogens is 170 g/mol. The molecule has 1 fully saturated rings. The highest BCUT2D eigenvalue weighted by Crippen LogP contribution is 2.42. The van der Waals surface area contributed by atoms with Gasteiger partial charge in [0.2, 0.25) is 0 Å². The molecule has 1 aliphatic rings. The Morgan fingerprint density at radius 1 is 1.50 bits per heavy atom. The van der Waals surface area contributed by atoms with Crippen LogP contribution in [0.1, 0.15) is 32.6 Å². The minimum Gasteiger partial charge on any atom is -0.313 e. The van der Waals surface area contributed by atoms with E-state index in [4.69, 9.17) is 11.6 Å². The van der Waals surface area contributed by atoms with E-state index in [1.807, 2.05) is 6.08 Å². The quantitative estimate of drug-likeness (QED) is 0.653. The highest BCUT2D eigenvalue weighted by atomic mass is 35.5. The van der Waals surface area contributed by atoms with Gasteiger partial charge in [0.1, 0.15) is 0 Å². The van der Waals surface area contributed by atoms with Crippen LogP contribution in [0.15, 0.2) is 11.6 Å². The fourth-order valence-electron chi connectivity index (χ4n) is 1.80. The van der Waals surface area contributed by atoms with Gasteiger partial charge >= 0.3 is 0 Å². The lowest BCUT2D eigenvalue weighted by Gasteiger charge is -2.41. The van der Waals surface area contributed by atoms with E-state index in [0.29, 0.717) is 5.41 Å². The maximum absolute atomic E-state index is 5.41. The van der Waals surface area contributed by atoms with Crippen molar-refractivity contribution < 1.29 is 0 Å². The Kier molecular flexibility index (Phi) is 4.10. The van der Waals surface area contributed by atoms with Gasteiger partial charge in [0.25, 0.3) is 0 Å². The molecule has 0 bridgehead atoms. The van der Waals surface area contributed by atoms with E-state index >= 15 is 0 Å². The number of nitrogens with one attached hydrogen (secondary N) is 1. The second-order valence-corrected chi connectivity index (χ2v) is 3.95. The van der Waals surface area contributed by atoms with Crippen molar-refractivity contribution in [3.8, 4) is 0 Å². The van der Waals surface area contributed by atoms with E-state index in [1.54, 1.807) is 5.54 Å². The Balaban J connectivity index is 2.12. The predicted molar refractivity (Wildman–Crippen MR) is 54.4 cm³/mol. The molecule has 0 aromatic heterocycles. The summed E-state index contributed by atoms with van der Waals surface area (Å²) in [5.74, 6) is 0. The molecule has 1 N–H and O–H groups in total. The average molecular weight is 188 g/mol. The summed E-state index contributed by atoms with van der Waals surface area (Å²) in [6.07, 6.45) is 7.48. The molecule has 0 aromatic carbocycles. The maximum atomic E-state index is 5.41. The van der Waals surface area contributed by atoms with Gasteiger partial charge in [0.15, 0.2) is 0 Å². The predicted octanol–water partition coefficient (Wildman–Crippen LogP) is 2.91. The van der Waals surface area contributed by atoms with Crippen molar-refractivity contribution >= 4 is 11.6 Å². The van der Waals surface area contributed by atoms with E-state index in [9.17, 15) is 0 Å². The van der Waals surface area contributed by atoms with E-state index in [-0.39, 0.29) is 0 Å². The summed E-state index contributed by atoms with van der Waals surface area (Å²) in [5.41, 5.74) is 2.20. The molecule has 0 amide bonds. The van der Waals surface area contributed by atoms with E-state index in [0.717, 1.165) is 13.1 Å². The first-order valence-electron chi connectivity index (χ1n) is 4.79. The van der Waals surface area contributed by atoms with Gasteiger partial charge in [-0.15, -0.1) is 0 Å². The van der Waals surface area contributed by atoms with Crippen molar-refractivity contribution in [3.05, 3.63) is 11.6 Å². The molecule has 70 valence electrons. The van der Waals surface area contributed by atoms with E-state index < -0.39 is 0 Å². The minimum absolute atomic E-state index is 0.625. The van der Waals surface area contributed by atoms with Crippen LogP contribution in [-0.4, -0.2) is 13.1 Å². The first-order valence-corrected chi connectivity index (χ1v) is 5.22.